The Bertz CT molecular complexity index is 1020. The van der Waals surface area contributed by atoms with Crippen LogP contribution in [-0.4, -0.2) is 35.3 Å². The van der Waals surface area contributed by atoms with Gasteiger partial charge in [0.15, 0.2) is 5.11 Å². The van der Waals surface area contributed by atoms with E-state index in [1.54, 1.807) is 7.11 Å². The lowest BCUT2D eigenvalue weighted by Gasteiger charge is -2.32. The fourth-order valence-corrected chi connectivity index (χ4v) is 3.84. The van der Waals surface area contributed by atoms with Crippen molar-refractivity contribution in [3.63, 3.8) is 0 Å². The van der Waals surface area contributed by atoms with E-state index < -0.39 is 0 Å². The second-order valence-corrected chi connectivity index (χ2v) is 8.13. The number of nitrogens with zero attached hydrogens (tertiary/aromatic N) is 3. The number of hydrogen-bond acceptors (Lipinski definition) is 6. The molecule has 0 saturated carbocycles. The van der Waals surface area contributed by atoms with Gasteiger partial charge in [0.25, 0.3) is 0 Å². The molecule has 3 aromatic rings. The molecule has 0 amide bonds. The van der Waals surface area contributed by atoms with Gasteiger partial charge in [0.2, 0.25) is 11.8 Å². The molecule has 1 aromatic carbocycles. The third kappa shape index (κ3) is 5.52. The van der Waals surface area contributed by atoms with Crippen LogP contribution >= 0.6 is 12.2 Å². The first-order valence-corrected chi connectivity index (χ1v) is 10.9. The standard InChI is InChI=1S/C23H27N5O2S/c1-16-7-6-12-28(15-16)20-13-21(29-2)26-22(25-20)27-23(31)24-14-18-10-11-19(30-18)17-8-4-3-5-9-17/h3-5,8-11,13,16H,6-7,12,14-15H2,1-2H3,(H2,24,25,26,27,31)/t16-/m0/s1. The minimum atomic E-state index is 0.412. The molecule has 0 aliphatic carbocycles. The zero-order chi connectivity index (χ0) is 21.6. The molecule has 2 aromatic heterocycles. The lowest BCUT2D eigenvalue weighted by atomic mass is 10.0. The second kappa shape index (κ2) is 9.78. The number of anilines is 2. The molecule has 2 N–H and O–H groups in total. The Labute approximate surface area is 187 Å². The summed E-state index contributed by atoms with van der Waals surface area (Å²) in [6, 6.07) is 15.8. The molecule has 0 unspecified atom stereocenters. The minimum Gasteiger partial charge on any atom is -0.481 e. The molecule has 4 rings (SSSR count). The highest BCUT2D eigenvalue weighted by Crippen LogP contribution is 2.25. The Balaban J connectivity index is 1.38. The predicted octanol–water partition coefficient (Wildman–Crippen LogP) is 4.47. The van der Waals surface area contributed by atoms with Crippen molar-refractivity contribution in [3.8, 4) is 17.2 Å². The number of methoxy groups -OCH3 is 1. The molecule has 1 fully saturated rings. The van der Waals surface area contributed by atoms with E-state index in [4.69, 9.17) is 21.4 Å². The molecule has 0 bridgehead atoms. The van der Waals surface area contributed by atoms with Gasteiger partial charge in [-0.2, -0.15) is 9.97 Å². The Morgan fingerprint density at radius 1 is 1.23 bits per heavy atom. The van der Waals surface area contributed by atoms with Gasteiger partial charge in [0.05, 0.1) is 13.7 Å². The SMILES string of the molecule is COc1cc(N2CCC[C@H](C)C2)nc(NC(=S)NCc2ccc(-c3ccccc3)o2)n1. The van der Waals surface area contributed by atoms with Gasteiger partial charge in [-0.15, -0.1) is 0 Å². The van der Waals surface area contributed by atoms with Crippen LogP contribution in [-0.2, 0) is 6.54 Å². The van der Waals surface area contributed by atoms with Gasteiger partial charge in [-0.3, -0.25) is 0 Å². The molecule has 31 heavy (non-hydrogen) atoms. The fraction of sp³-hybridized carbons (Fsp3) is 0.348. The van der Waals surface area contributed by atoms with Gasteiger partial charge in [-0.05, 0) is 43.1 Å². The fourth-order valence-electron chi connectivity index (χ4n) is 3.68. The van der Waals surface area contributed by atoms with Crippen molar-refractivity contribution in [2.75, 3.05) is 30.4 Å². The van der Waals surface area contributed by atoms with Gasteiger partial charge in [-0.1, -0.05) is 37.3 Å². The molecular formula is C23H27N5O2S. The van der Waals surface area contributed by atoms with Crippen molar-refractivity contribution >= 4 is 29.1 Å². The number of rotatable bonds is 6. The van der Waals surface area contributed by atoms with E-state index in [0.717, 1.165) is 42.4 Å². The molecule has 3 heterocycles. The van der Waals surface area contributed by atoms with Gasteiger partial charge in [0, 0.05) is 24.7 Å². The third-order valence-corrected chi connectivity index (χ3v) is 5.49. The summed E-state index contributed by atoms with van der Waals surface area (Å²) in [6.07, 6.45) is 2.40. The van der Waals surface area contributed by atoms with Crippen LogP contribution in [0.25, 0.3) is 11.3 Å². The number of thiocarbonyl (C=S) groups is 1. The first-order chi connectivity index (χ1) is 15.1. The van der Waals surface area contributed by atoms with Crippen molar-refractivity contribution in [1.29, 1.82) is 0 Å². The molecule has 0 spiro atoms. The summed E-state index contributed by atoms with van der Waals surface area (Å²) < 4.78 is 11.3. The predicted molar refractivity (Wildman–Crippen MR) is 126 cm³/mol. The first kappa shape index (κ1) is 21.1. The summed E-state index contributed by atoms with van der Waals surface area (Å²) in [5.74, 6) is 4.03. The molecule has 1 atom stereocenters. The Kier molecular flexibility index (Phi) is 6.66. The van der Waals surface area contributed by atoms with Gasteiger partial charge in [-0.25, -0.2) is 0 Å². The Morgan fingerprint density at radius 2 is 2.06 bits per heavy atom. The number of nitrogens with one attached hydrogen (secondary N) is 2. The minimum absolute atomic E-state index is 0.412. The van der Waals surface area contributed by atoms with Crippen LogP contribution in [0, 0.1) is 5.92 Å². The summed E-state index contributed by atoms with van der Waals surface area (Å²) in [4.78, 5) is 11.3. The van der Waals surface area contributed by atoms with E-state index in [1.165, 1.54) is 6.42 Å². The topological polar surface area (TPSA) is 75.5 Å². The van der Waals surface area contributed by atoms with Gasteiger partial charge in [0.1, 0.15) is 17.3 Å². The quantitative estimate of drug-likeness (QED) is 0.547. The smallest absolute Gasteiger partial charge is 0.234 e. The number of ether oxygens (including phenoxy) is 1. The third-order valence-electron chi connectivity index (χ3n) is 5.25. The number of aromatic nitrogens is 2. The highest BCUT2D eigenvalue weighted by atomic mass is 32.1. The van der Waals surface area contributed by atoms with Gasteiger partial charge >= 0.3 is 0 Å². The van der Waals surface area contributed by atoms with Crippen LogP contribution in [0.4, 0.5) is 11.8 Å². The van der Waals surface area contributed by atoms with Crippen molar-refractivity contribution in [2.45, 2.75) is 26.3 Å². The number of benzene rings is 1. The number of hydrogen-bond donors (Lipinski definition) is 2. The maximum absolute atomic E-state index is 5.91. The van der Waals surface area contributed by atoms with Crippen molar-refractivity contribution in [3.05, 3.63) is 54.3 Å². The number of furan rings is 1. The summed E-state index contributed by atoms with van der Waals surface area (Å²) in [6.45, 7) is 4.68. The van der Waals surface area contributed by atoms with Crippen LogP contribution in [0.15, 0.2) is 52.9 Å². The average Bonchev–Trinajstić information content (AvgIpc) is 3.27. The van der Waals surface area contributed by atoms with Crippen molar-refractivity contribution in [2.24, 2.45) is 5.92 Å². The van der Waals surface area contributed by atoms with E-state index in [1.807, 2.05) is 48.5 Å². The molecule has 0 radical (unpaired) electrons. The van der Waals surface area contributed by atoms with Crippen LogP contribution in [0.2, 0.25) is 0 Å². The molecule has 7 nitrogen and oxygen atoms in total. The van der Waals surface area contributed by atoms with Gasteiger partial charge < -0.3 is 24.7 Å². The van der Waals surface area contributed by atoms with E-state index >= 15 is 0 Å². The van der Waals surface area contributed by atoms with E-state index in [2.05, 4.69) is 32.4 Å². The average molecular weight is 438 g/mol. The molecular weight excluding hydrogens is 410 g/mol. The zero-order valence-corrected chi connectivity index (χ0v) is 18.6. The maximum Gasteiger partial charge on any atom is 0.234 e. The van der Waals surface area contributed by atoms with Crippen LogP contribution in [0.5, 0.6) is 5.88 Å². The summed E-state index contributed by atoms with van der Waals surface area (Å²) in [5, 5.41) is 6.63. The largest absolute Gasteiger partial charge is 0.481 e. The van der Waals surface area contributed by atoms with E-state index in [-0.39, 0.29) is 0 Å². The molecule has 8 heteroatoms. The molecule has 162 valence electrons. The molecule has 1 saturated heterocycles. The van der Waals surface area contributed by atoms with Crippen LogP contribution < -0.4 is 20.3 Å². The molecule has 1 aliphatic heterocycles. The van der Waals surface area contributed by atoms with Crippen molar-refractivity contribution in [1.82, 2.24) is 15.3 Å². The summed E-state index contributed by atoms with van der Waals surface area (Å²) >= 11 is 5.44. The van der Waals surface area contributed by atoms with E-state index in [0.29, 0.717) is 29.4 Å². The van der Waals surface area contributed by atoms with Crippen LogP contribution in [0.1, 0.15) is 25.5 Å². The highest BCUT2D eigenvalue weighted by Gasteiger charge is 2.19. The van der Waals surface area contributed by atoms with E-state index in [9.17, 15) is 0 Å². The van der Waals surface area contributed by atoms with Crippen molar-refractivity contribution < 1.29 is 9.15 Å². The lowest BCUT2D eigenvalue weighted by molar-refractivity contribution is 0.396. The first-order valence-electron chi connectivity index (χ1n) is 10.5. The maximum atomic E-state index is 5.91. The number of piperidine rings is 1. The summed E-state index contributed by atoms with van der Waals surface area (Å²) in [5.41, 5.74) is 1.04. The Morgan fingerprint density at radius 3 is 2.84 bits per heavy atom. The lowest BCUT2D eigenvalue weighted by Crippen LogP contribution is -2.35. The Hall–Kier alpha value is -3.13. The zero-order valence-electron chi connectivity index (χ0n) is 17.8. The highest BCUT2D eigenvalue weighted by molar-refractivity contribution is 7.80. The monoisotopic (exact) mass is 437 g/mol. The second-order valence-electron chi connectivity index (χ2n) is 7.73. The normalized spacial score (nSPS) is 16.1. The molecule has 1 aliphatic rings. The summed E-state index contributed by atoms with van der Waals surface area (Å²) in [7, 11) is 1.60. The van der Waals surface area contributed by atoms with Crippen LogP contribution in [0.3, 0.4) is 0 Å².